The first-order chi connectivity index (χ1) is 15.9. The van der Waals surface area contributed by atoms with Gasteiger partial charge in [0.2, 0.25) is 5.91 Å². The van der Waals surface area contributed by atoms with Gasteiger partial charge in [-0.3, -0.25) is 9.59 Å². The highest BCUT2D eigenvalue weighted by atomic mass is 79.9. The Balaban J connectivity index is 1.46. The van der Waals surface area contributed by atoms with Crippen molar-refractivity contribution in [1.29, 1.82) is 0 Å². The van der Waals surface area contributed by atoms with Crippen molar-refractivity contribution in [3.05, 3.63) is 64.6 Å². The van der Waals surface area contributed by atoms with E-state index in [0.29, 0.717) is 17.0 Å². The van der Waals surface area contributed by atoms with Gasteiger partial charge in [0, 0.05) is 43.5 Å². The minimum absolute atomic E-state index is 0.0290. The Morgan fingerprint density at radius 1 is 1.00 bits per heavy atom. The Bertz CT molecular complexity index is 1170. The van der Waals surface area contributed by atoms with Crippen molar-refractivity contribution in [2.45, 2.75) is 13.8 Å². The van der Waals surface area contributed by atoms with Crippen LogP contribution in [0.5, 0.6) is 5.75 Å². The van der Waals surface area contributed by atoms with Crippen LogP contribution in [-0.2, 0) is 4.79 Å². The van der Waals surface area contributed by atoms with Crippen LogP contribution in [0.3, 0.4) is 0 Å². The van der Waals surface area contributed by atoms with Crippen LogP contribution in [0, 0.1) is 5.92 Å². The quantitative estimate of drug-likeness (QED) is 0.515. The minimum atomic E-state index is -0.230. The summed E-state index contributed by atoms with van der Waals surface area (Å²) >= 11 is 3.59. The van der Waals surface area contributed by atoms with Crippen molar-refractivity contribution >= 4 is 49.9 Å². The van der Waals surface area contributed by atoms with Gasteiger partial charge in [0.25, 0.3) is 5.91 Å². The van der Waals surface area contributed by atoms with E-state index in [2.05, 4.69) is 26.1 Å². The van der Waals surface area contributed by atoms with E-state index in [1.807, 2.05) is 73.3 Å². The normalized spacial score (nSPS) is 14.0. The number of ether oxygens (including phenoxy) is 1. The van der Waals surface area contributed by atoms with Gasteiger partial charge in [-0.2, -0.15) is 0 Å². The van der Waals surface area contributed by atoms with Gasteiger partial charge < -0.3 is 19.9 Å². The fourth-order valence-corrected chi connectivity index (χ4v) is 4.89. The SMILES string of the molecule is COc1c(C(=O)Nc2ccc(N3CCN(C(=O)C(C)C)CC3)cc2)cc2ccccc2c1Br. The third kappa shape index (κ3) is 4.83. The number of piperazine rings is 1. The molecule has 172 valence electrons. The van der Waals surface area contributed by atoms with Crippen molar-refractivity contribution in [2.24, 2.45) is 5.92 Å². The highest BCUT2D eigenvalue weighted by Gasteiger charge is 2.23. The number of methoxy groups -OCH3 is 1. The molecule has 7 heteroatoms. The first-order valence-corrected chi connectivity index (χ1v) is 11.9. The number of carbonyl (C=O) groups excluding carboxylic acids is 2. The molecule has 3 aromatic rings. The molecule has 4 rings (SSSR count). The topological polar surface area (TPSA) is 61.9 Å². The molecule has 0 atom stereocenters. The van der Waals surface area contributed by atoms with E-state index in [9.17, 15) is 9.59 Å². The molecule has 1 heterocycles. The van der Waals surface area contributed by atoms with E-state index in [4.69, 9.17) is 4.74 Å². The Morgan fingerprint density at radius 3 is 2.30 bits per heavy atom. The number of anilines is 2. The van der Waals surface area contributed by atoms with Crippen molar-refractivity contribution in [1.82, 2.24) is 4.90 Å². The summed E-state index contributed by atoms with van der Waals surface area (Å²) in [5, 5.41) is 4.93. The second-order valence-corrected chi connectivity index (χ2v) is 9.25. The molecule has 1 aliphatic rings. The first kappa shape index (κ1) is 23.1. The van der Waals surface area contributed by atoms with E-state index in [-0.39, 0.29) is 17.7 Å². The summed E-state index contributed by atoms with van der Waals surface area (Å²) in [5.41, 5.74) is 2.26. The van der Waals surface area contributed by atoms with Gasteiger partial charge >= 0.3 is 0 Å². The molecule has 2 amide bonds. The number of fused-ring (bicyclic) bond motifs is 1. The molecule has 1 fully saturated rings. The minimum Gasteiger partial charge on any atom is -0.495 e. The van der Waals surface area contributed by atoms with E-state index in [0.717, 1.165) is 47.1 Å². The fraction of sp³-hybridized carbons (Fsp3) is 0.308. The molecule has 0 aliphatic carbocycles. The molecule has 0 unspecified atom stereocenters. The Labute approximate surface area is 202 Å². The van der Waals surface area contributed by atoms with Gasteiger partial charge in [-0.1, -0.05) is 38.1 Å². The van der Waals surface area contributed by atoms with Gasteiger partial charge in [0.15, 0.2) is 0 Å². The maximum absolute atomic E-state index is 13.1. The molecule has 0 aromatic heterocycles. The number of hydrogen-bond acceptors (Lipinski definition) is 4. The van der Waals surface area contributed by atoms with Crippen molar-refractivity contribution in [2.75, 3.05) is 43.5 Å². The summed E-state index contributed by atoms with van der Waals surface area (Å²) in [4.78, 5) is 29.5. The summed E-state index contributed by atoms with van der Waals surface area (Å²) in [5.74, 6) is 0.522. The molecule has 1 N–H and O–H groups in total. The molecule has 33 heavy (non-hydrogen) atoms. The molecule has 0 spiro atoms. The van der Waals surface area contributed by atoms with Crippen molar-refractivity contribution in [3.63, 3.8) is 0 Å². The standard InChI is InChI=1S/C26H28BrN3O3/c1-17(2)26(32)30-14-12-29(13-15-30)20-10-8-19(9-11-20)28-25(31)22-16-18-6-4-5-7-21(18)23(27)24(22)33-3/h4-11,16-17H,12-15H2,1-3H3,(H,28,31). The molecular weight excluding hydrogens is 482 g/mol. The van der Waals surface area contributed by atoms with Crippen LogP contribution in [0.2, 0.25) is 0 Å². The van der Waals surface area contributed by atoms with Crippen molar-refractivity contribution < 1.29 is 14.3 Å². The Kier molecular flexibility index (Phi) is 6.88. The second kappa shape index (κ2) is 9.83. The van der Waals surface area contributed by atoms with Gasteiger partial charge in [0.05, 0.1) is 17.1 Å². The van der Waals surface area contributed by atoms with Gasteiger partial charge in [-0.25, -0.2) is 0 Å². The monoisotopic (exact) mass is 509 g/mol. The summed E-state index contributed by atoms with van der Waals surface area (Å²) < 4.78 is 6.30. The molecule has 1 saturated heterocycles. The molecule has 0 bridgehead atoms. The number of carbonyl (C=O) groups is 2. The van der Waals surface area contributed by atoms with E-state index >= 15 is 0 Å². The van der Waals surface area contributed by atoms with Crippen molar-refractivity contribution in [3.8, 4) is 5.75 Å². The number of amides is 2. The second-order valence-electron chi connectivity index (χ2n) is 8.46. The van der Waals surface area contributed by atoms with Crippen LogP contribution >= 0.6 is 15.9 Å². The maximum atomic E-state index is 13.1. The van der Waals surface area contributed by atoms with Gasteiger partial charge in [-0.05, 0) is 57.0 Å². The summed E-state index contributed by atoms with van der Waals surface area (Å²) in [6.45, 7) is 6.93. The lowest BCUT2D eigenvalue weighted by atomic mass is 10.0. The van der Waals surface area contributed by atoms with Gasteiger partial charge in [0.1, 0.15) is 5.75 Å². The average molecular weight is 510 g/mol. The third-order valence-electron chi connectivity index (χ3n) is 5.97. The van der Waals surface area contributed by atoms with Crippen LogP contribution in [0.15, 0.2) is 59.1 Å². The third-order valence-corrected chi connectivity index (χ3v) is 6.75. The number of nitrogens with one attached hydrogen (secondary N) is 1. The van der Waals surface area contributed by atoms with E-state index in [1.54, 1.807) is 7.11 Å². The average Bonchev–Trinajstić information content (AvgIpc) is 2.84. The lowest BCUT2D eigenvalue weighted by Gasteiger charge is -2.37. The van der Waals surface area contributed by atoms with E-state index in [1.165, 1.54) is 0 Å². The van der Waals surface area contributed by atoms with Crippen LogP contribution in [0.4, 0.5) is 11.4 Å². The van der Waals surface area contributed by atoms with Gasteiger partial charge in [-0.15, -0.1) is 0 Å². The lowest BCUT2D eigenvalue weighted by molar-refractivity contribution is -0.134. The predicted octanol–water partition coefficient (Wildman–Crippen LogP) is 5.17. The molecule has 1 aliphatic heterocycles. The highest BCUT2D eigenvalue weighted by molar-refractivity contribution is 9.10. The van der Waals surface area contributed by atoms with Crippen LogP contribution < -0.4 is 15.0 Å². The smallest absolute Gasteiger partial charge is 0.259 e. The predicted molar refractivity (Wildman–Crippen MR) is 136 cm³/mol. The number of nitrogens with zero attached hydrogens (tertiary/aromatic N) is 2. The first-order valence-electron chi connectivity index (χ1n) is 11.1. The maximum Gasteiger partial charge on any atom is 0.259 e. The molecule has 0 saturated carbocycles. The number of rotatable bonds is 5. The highest BCUT2D eigenvalue weighted by Crippen LogP contribution is 2.37. The Morgan fingerprint density at radius 2 is 1.67 bits per heavy atom. The number of halogens is 1. The number of hydrogen-bond donors (Lipinski definition) is 1. The molecular formula is C26H28BrN3O3. The largest absolute Gasteiger partial charge is 0.495 e. The molecule has 3 aromatic carbocycles. The Hall–Kier alpha value is -3.06. The van der Waals surface area contributed by atoms with E-state index < -0.39 is 0 Å². The number of benzene rings is 3. The molecule has 0 radical (unpaired) electrons. The summed E-state index contributed by atoms with van der Waals surface area (Å²) in [7, 11) is 1.56. The summed E-state index contributed by atoms with van der Waals surface area (Å²) in [6, 6.07) is 17.5. The lowest BCUT2D eigenvalue weighted by Crippen LogP contribution is -2.49. The zero-order valence-corrected chi connectivity index (χ0v) is 20.7. The van der Waals surface area contributed by atoms with Crippen LogP contribution in [0.1, 0.15) is 24.2 Å². The molecule has 6 nitrogen and oxygen atoms in total. The summed E-state index contributed by atoms with van der Waals surface area (Å²) in [6.07, 6.45) is 0. The zero-order valence-electron chi connectivity index (χ0n) is 19.1. The van der Waals surface area contributed by atoms with Crippen LogP contribution in [-0.4, -0.2) is 50.0 Å². The zero-order chi connectivity index (χ0) is 23.5. The fourth-order valence-electron chi connectivity index (χ4n) is 4.16. The van der Waals surface area contributed by atoms with Crippen LogP contribution in [0.25, 0.3) is 10.8 Å².